The molecule has 0 aliphatic carbocycles. The number of benzene rings is 1. The first-order valence-corrected chi connectivity index (χ1v) is 5.69. The lowest BCUT2D eigenvalue weighted by molar-refractivity contribution is -0.116. The Bertz CT molecular complexity index is 508. The standard InChI is InChI=1S/C13H15N3O3.ClH/c1-15-5-6-16(9-15)8-13(18)14-11-7-10(19-2)3-4-12(11)17;/h3-7,17H,8H2,1-2H3,(H,14,18);1H/q+1;/p-1. The number of rotatable bonds is 4. The first-order chi connectivity index (χ1) is 9.08. The van der Waals surface area contributed by atoms with Gasteiger partial charge in [0, 0.05) is 6.07 Å². The van der Waals surface area contributed by atoms with Crippen molar-refractivity contribution in [2.75, 3.05) is 26.0 Å². The molecule has 1 amide bonds. The molecule has 1 aliphatic heterocycles. The molecule has 1 aromatic carbocycles. The first kappa shape index (κ1) is 15.8. The van der Waals surface area contributed by atoms with E-state index >= 15 is 0 Å². The molecule has 2 N–H and O–H groups in total. The molecule has 107 valence electrons. The van der Waals surface area contributed by atoms with E-state index < -0.39 is 0 Å². The third-order valence-electron chi connectivity index (χ3n) is 2.55. The van der Waals surface area contributed by atoms with Crippen LogP contribution in [-0.2, 0) is 4.79 Å². The number of nitrogens with one attached hydrogen (secondary N) is 1. The van der Waals surface area contributed by atoms with Crippen LogP contribution >= 0.6 is 0 Å². The maximum absolute atomic E-state index is 11.8. The number of carbonyl (C=O) groups is 1. The van der Waals surface area contributed by atoms with E-state index in [0.717, 1.165) is 0 Å². The summed E-state index contributed by atoms with van der Waals surface area (Å²) >= 11 is 0. The Hall–Kier alpha value is -2.21. The fourth-order valence-electron chi connectivity index (χ4n) is 1.62. The Balaban J connectivity index is 0.00000200. The number of hydrogen-bond donors (Lipinski definition) is 2. The molecule has 1 heterocycles. The summed E-state index contributed by atoms with van der Waals surface area (Å²) in [5, 5.41) is 12.3. The second-order valence-corrected chi connectivity index (χ2v) is 4.07. The molecule has 0 aromatic heterocycles. The zero-order valence-electron chi connectivity index (χ0n) is 11.1. The minimum absolute atomic E-state index is 0. The van der Waals surface area contributed by atoms with Gasteiger partial charge in [-0.1, -0.05) is 0 Å². The van der Waals surface area contributed by atoms with Crippen molar-refractivity contribution in [2.24, 2.45) is 0 Å². The average Bonchev–Trinajstić information content (AvgIpc) is 2.77. The van der Waals surface area contributed by atoms with Crippen LogP contribution in [0.5, 0.6) is 11.5 Å². The van der Waals surface area contributed by atoms with Crippen LogP contribution in [-0.4, -0.2) is 41.5 Å². The number of aromatic hydroxyl groups is 1. The van der Waals surface area contributed by atoms with Crippen molar-refractivity contribution in [3.8, 4) is 11.5 Å². The quantitative estimate of drug-likeness (QED) is 0.500. The molecule has 0 fully saturated rings. The third-order valence-corrected chi connectivity index (χ3v) is 2.55. The monoisotopic (exact) mass is 296 g/mol. The molecule has 1 aromatic rings. The molecule has 0 atom stereocenters. The molecule has 20 heavy (non-hydrogen) atoms. The summed E-state index contributed by atoms with van der Waals surface area (Å²) < 4.78 is 5.04. The smallest absolute Gasteiger partial charge is 0.564 e. The van der Waals surface area contributed by atoms with Gasteiger partial charge < -0.3 is 27.6 Å². The summed E-state index contributed by atoms with van der Waals surface area (Å²) in [6.45, 7) is 3.04. The van der Waals surface area contributed by atoms with E-state index in [1.54, 1.807) is 34.3 Å². The van der Waals surface area contributed by atoms with E-state index in [1.165, 1.54) is 13.2 Å². The largest absolute Gasteiger partial charge is 1.00 e. The molecule has 6 nitrogen and oxygen atoms in total. The van der Waals surface area contributed by atoms with Gasteiger partial charge in [-0.25, -0.2) is 0 Å². The Kier molecular flexibility index (Phi) is 5.40. The lowest BCUT2D eigenvalue weighted by Crippen LogP contribution is -3.00. The molecule has 0 unspecified atom stereocenters. The van der Waals surface area contributed by atoms with E-state index in [9.17, 15) is 9.90 Å². The van der Waals surface area contributed by atoms with Gasteiger partial charge in [0.05, 0.1) is 32.2 Å². The molecule has 2 rings (SSSR count). The highest BCUT2D eigenvalue weighted by atomic mass is 35.5. The Morgan fingerprint density at radius 3 is 2.80 bits per heavy atom. The molecule has 1 aliphatic rings. The number of methoxy groups -OCH3 is 1. The lowest BCUT2D eigenvalue weighted by atomic mass is 10.2. The SMILES string of the molecule is COc1ccc(O)c(NC(=O)CN2[C+]N(C)C=C2)c1.[Cl-]. The number of anilines is 1. The van der Waals surface area contributed by atoms with E-state index in [-0.39, 0.29) is 30.6 Å². The normalized spacial score (nSPS) is 12.7. The van der Waals surface area contributed by atoms with E-state index in [0.29, 0.717) is 11.4 Å². The summed E-state index contributed by atoms with van der Waals surface area (Å²) in [5.74, 6) is 0.305. The van der Waals surface area contributed by atoms with Crippen molar-refractivity contribution in [1.82, 2.24) is 9.80 Å². The Morgan fingerprint density at radius 2 is 2.20 bits per heavy atom. The maximum atomic E-state index is 11.8. The van der Waals surface area contributed by atoms with E-state index in [1.807, 2.05) is 7.05 Å². The fourth-order valence-corrected chi connectivity index (χ4v) is 1.62. The van der Waals surface area contributed by atoms with Crippen molar-refractivity contribution in [3.05, 3.63) is 37.3 Å². The van der Waals surface area contributed by atoms with Crippen molar-refractivity contribution in [3.63, 3.8) is 0 Å². The van der Waals surface area contributed by atoms with Crippen molar-refractivity contribution >= 4 is 11.6 Å². The number of nitrogens with zero attached hydrogens (tertiary/aromatic N) is 2. The predicted octanol–water partition coefficient (Wildman–Crippen LogP) is -1.94. The lowest BCUT2D eigenvalue weighted by Gasteiger charge is -2.09. The molecule has 0 bridgehead atoms. The summed E-state index contributed by atoms with van der Waals surface area (Å²) in [6.07, 6.45) is 3.53. The number of halogens is 1. The average molecular weight is 297 g/mol. The Morgan fingerprint density at radius 1 is 1.45 bits per heavy atom. The highest BCUT2D eigenvalue weighted by molar-refractivity contribution is 5.94. The fraction of sp³-hybridized carbons (Fsp3) is 0.231. The maximum Gasteiger partial charge on any atom is 0.564 e. The minimum Gasteiger partial charge on any atom is -1.00 e. The number of amides is 1. The van der Waals surface area contributed by atoms with Gasteiger partial charge in [-0.15, -0.1) is 9.80 Å². The van der Waals surface area contributed by atoms with Crippen molar-refractivity contribution in [1.29, 1.82) is 0 Å². The second-order valence-electron chi connectivity index (χ2n) is 4.07. The van der Waals surface area contributed by atoms with E-state index in [2.05, 4.69) is 12.0 Å². The van der Waals surface area contributed by atoms with Gasteiger partial charge in [-0.05, 0) is 12.1 Å². The molecule has 0 saturated carbocycles. The summed E-state index contributed by atoms with van der Waals surface area (Å²) in [4.78, 5) is 15.2. The number of carbonyl (C=O) groups excluding carboxylic acids is 1. The molecule has 0 saturated heterocycles. The van der Waals surface area contributed by atoms with E-state index in [4.69, 9.17) is 4.74 Å². The summed E-state index contributed by atoms with van der Waals surface area (Å²) in [5.41, 5.74) is 0.320. The Labute approximate surface area is 124 Å². The highest BCUT2D eigenvalue weighted by Crippen LogP contribution is 2.27. The number of ether oxygens (including phenoxy) is 1. The van der Waals surface area contributed by atoms with Crippen LogP contribution in [0.4, 0.5) is 5.69 Å². The van der Waals surface area contributed by atoms with Crippen LogP contribution in [0.2, 0.25) is 0 Å². The van der Waals surface area contributed by atoms with Crippen LogP contribution in [0.15, 0.2) is 30.6 Å². The molecule has 0 spiro atoms. The third kappa shape index (κ3) is 3.89. The van der Waals surface area contributed by atoms with Gasteiger partial charge >= 0.3 is 6.67 Å². The van der Waals surface area contributed by atoms with Gasteiger partial charge in [0.1, 0.15) is 18.0 Å². The summed E-state index contributed by atoms with van der Waals surface area (Å²) in [6, 6.07) is 4.65. The number of phenolic OH excluding ortho intramolecular Hbond substituents is 1. The van der Waals surface area contributed by atoms with Crippen LogP contribution in [0, 0.1) is 6.67 Å². The number of hydrogen-bond acceptors (Lipinski definition) is 5. The van der Waals surface area contributed by atoms with Gasteiger partial charge in [0.15, 0.2) is 0 Å². The number of phenols is 1. The molecule has 7 heteroatoms. The molecular formula is C13H15ClN3O3. The van der Waals surface area contributed by atoms with Gasteiger partial charge in [0.2, 0.25) is 5.91 Å². The van der Waals surface area contributed by atoms with Crippen molar-refractivity contribution < 1.29 is 27.0 Å². The van der Waals surface area contributed by atoms with Crippen LogP contribution in [0.1, 0.15) is 0 Å². The molecular weight excluding hydrogens is 282 g/mol. The first-order valence-electron chi connectivity index (χ1n) is 5.69. The van der Waals surface area contributed by atoms with Gasteiger partial charge in [-0.3, -0.25) is 4.79 Å². The topological polar surface area (TPSA) is 65.0 Å². The van der Waals surface area contributed by atoms with Gasteiger partial charge in [-0.2, -0.15) is 0 Å². The van der Waals surface area contributed by atoms with Crippen LogP contribution in [0.3, 0.4) is 0 Å². The predicted molar refractivity (Wildman–Crippen MR) is 70.1 cm³/mol. The van der Waals surface area contributed by atoms with Gasteiger partial charge in [0.25, 0.3) is 0 Å². The highest BCUT2D eigenvalue weighted by Gasteiger charge is 2.29. The van der Waals surface area contributed by atoms with Crippen molar-refractivity contribution in [2.45, 2.75) is 0 Å². The zero-order chi connectivity index (χ0) is 13.8. The second kappa shape index (κ2) is 6.81. The van der Waals surface area contributed by atoms with Crippen LogP contribution in [0.25, 0.3) is 0 Å². The minimum atomic E-state index is -0.254. The zero-order valence-corrected chi connectivity index (χ0v) is 11.9. The van der Waals surface area contributed by atoms with Crippen LogP contribution < -0.4 is 22.5 Å². The summed E-state index contributed by atoms with van der Waals surface area (Å²) in [7, 11) is 3.34. The molecule has 1 radical (unpaired) electrons.